The summed E-state index contributed by atoms with van der Waals surface area (Å²) in [6.45, 7) is 7.48. The molecule has 1 aliphatic heterocycles. The molecule has 0 fully saturated rings. The maximum Gasteiger partial charge on any atom is 3.00 e. The van der Waals surface area contributed by atoms with E-state index >= 15 is 0 Å². The van der Waals surface area contributed by atoms with Gasteiger partial charge in [-0.3, -0.25) is 0 Å². The monoisotopic (exact) mass is 465 g/mol. The predicted octanol–water partition coefficient (Wildman–Crippen LogP) is -1.22. The van der Waals surface area contributed by atoms with Crippen LogP contribution in [0.25, 0.3) is 10.8 Å². The average molecular weight is 468 g/mol. The Hall–Kier alpha value is -0.600. The number of aryl methyl sites for hydroxylation is 1. The Balaban J connectivity index is 0.000000416. The number of hydrogen-bond acceptors (Lipinski definition) is 1. The van der Waals surface area contributed by atoms with Crippen molar-refractivity contribution in [1.82, 2.24) is 0 Å². The van der Waals surface area contributed by atoms with Crippen LogP contribution in [0.15, 0.2) is 71.5 Å². The molecule has 129 valence electrons. The van der Waals surface area contributed by atoms with Crippen molar-refractivity contribution in [1.29, 1.82) is 0 Å². The fourth-order valence-corrected chi connectivity index (χ4v) is 3.61. The first-order valence-corrected chi connectivity index (χ1v) is 10.2. The summed E-state index contributed by atoms with van der Waals surface area (Å²) >= 11 is 0. The van der Waals surface area contributed by atoms with Crippen LogP contribution in [0.1, 0.15) is 5.56 Å². The summed E-state index contributed by atoms with van der Waals surface area (Å²) in [6.07, 6.45) is 6.29. The van der Waals surface area contributed by atoms with Gasteiger partial charge in [0.05, 0.1) is 6.26 Å². The molecule has 1 radical (unpaired) electrons. The number of halogens is 2. The third-order valence-corrected chi connectivity index (χ3v) is 4.61. The molecule has 2 aliphatic rings. The minimum atomic E-state index is -0.254. The molecule has 2 aromatic rings. The fourth-order valence-electron chi connectivity index (χ4n) is 2.78. The topological polar surface area (TPSA) is 9.23 Å². The first-order chi connectivity index (χ1) is 10.6. The zero-order valence-corrected chi connectivity index (χ0v) is 19.6. The van der Waals surface area contributed by atoms with Gasteiger partial charge in [0.1, 0.15) is 6.61 Å². The molecule has 2 aromatic carbocycles. The molecule has 0 aromatic heterocycles. The van der Waals surface area contributed by atoms with Crippen molar-refractivity contribution in [2.45, 2.75) is 20.0 Å². The maximum atomic E-state index is 5.18. The standard InChI is InChI=1S/C10H12OSi.C10H9.2ClH.Zr/c1-12(2)7-8-3-9-5-11-6-10(9)4-8;1-8-6-9-4-2-3-5-10(9)7-8;;;/h3-5,7H,6H2,1-2H3;2-7H,1H3;2*1H;/q;-1;;;+3/p-2. The van der Waals surface area contributed by atoms with Gasteiger partial charge in [-0.05, 0) is 17.7 Å². The molecule has 0 saturated heterocycles. The minimum absolute atomic E-state index is 0. The molecule has 0 spiro atoms. The van der Waals surface area contributed by atoms with Crippen molar-refractivity contribution in [2.75, 3.05) is 6.61 Å². The second kappa shape index (κ2) is 11.2. The van der Waals surface area contributed by atoms with Gasteiger partial charge in [-0.2, -0.15) is 6.07 Å². The van der Waals surface area contributed by atoms with E-state index in [2.05, 4.69) is 74.2 Å². The van der Waals surface area contributed by atoms with E-state index in [0.29, 0.717) is 0 Å². The van der Waals surface area contributed by atoms with Crippen LogP contribution < -0.4 is 24.8 Å². The first-order valence-electron chi connectivity index (χ1n) is 7.63. The SMILES string of the molecule is C[Si](C)=CC1=CC2=COCC2=C1.Cc1cc2ccccc2[cH-]1.[Cl-].[Cl-].[Zr+3]. The largest absolute Gasteiger partial charge is 3.00 e. The minimum Gasteiger partial charge on any atom is -1.00 e. The smallest absolute Gasteiger partial charge is 1.00 e. The van der Waals surface area contributed by atoms with Gasteiger partial charge in [0, 0.05) is 19.6 Å². The van der Waals surface area contributed by atoms with Crippen LogP contribution in [0.3, 0.4) is 0 Å². The Bertz CT molecular complexity index is 794. The third kappa shape index (κ3) is 6.57. The first kappa shape index (κ1) is 24.4. The molecule has 4 rings (SSSR count). The molecule has 5 heteroatoms. The van der Waals surface area contributed by atoms with E-state index in [1.165, 1.54) is 33.1 Å². The normalized spacial score (nSPS) is 13.3. The number of ether oxygens (including phenoxy) is 1. The van der Waals surface area contributed by atoms with E-state index in [1.807, 2.05) is 6.26 Å². The zero-order chi connectivity index (χ0) is 15.5. The summed E-state index contributed by atoms with van der Waals surface area (Å²) in [7, 11) is -0.254. The molecule has 0 saturated carbocycles. The van der Waals surface area contributed by atoms with Crippen molar-refractivity contribution >= 4 is 24.9 Å². The van der Waals surface area contributed by atoms with Crippen LogP contribution in [-0.4, -0.2) is 20.7 Å². The molecule has 0 atom stereocenters. The number of hydrogen-bond donors (Lipinski definition) is 0. The average Bonchev–Trinajstić information content (AvgIpc) is 3.11. The van der Waals surface area contributed by atoms with E-state index in [1.54, 1.807) is 0 Å². The zero-order valence-electron chi connectivity index (χ0n) is 14.6. The summed E-state index contributed by atoms with van der Waals surface area (Å²) in [5, 5.41) is 2.69. The summed E-state index contributed by atoms with van der Waals surface area (Å²) < 4.78 is 5.18. The van der Waals surface area contributed by atoms with E-state index in [4.69, 9.17) is 4.74 Å². The fraction of sp³-hybridized carbons (Fsp3) is 0.200. The van der Waals surface area contributed by atoms with Crippen LogP contribution in [0.4, 0.5) is 0 Å². The Morgan fingerprint density at radius 2 is 1.84 bits per heavy atom. The Labute approximate surface area is 183 Å². The van der Waals surface area contributed by atoms with Gasteiger partial charge in [-0.1, -0.05) is 31.8 Å². The van der Waals surface area contributed by atoms with E-state index < -0.39 is 0 Å². The van der Waals surface area contributed by atoms with E-state index in [-0.39, 0.29) is 59.4 Å². The summed E-state index contributed by atoms with van der Waals surface area (Å²) in [5.41, 5.74) is 7.70. The van der Waals surface area contributed by atoms with Gasteiger partial charge in [0.25, 0.3) is 0 Å². The number of benzene rings is 1. The van der Waals surface area contributed by atoms with Crippen LogP contribution in [-0.2, 0) is 30.9 Å². The van der Waals surface area contributed by atoms with Crippen molar-refractivity contribution in [2.24, 2.45) is 0 Å². The quantitative estimate of drug-likeness (QED) is 0.378. The van der Waals surface area contributed by atoms with E-state index in [9.17, 15) is 0 Å². The van der Waals surface area contributed by atoms with Crippen LogP contribution >= 0.6 is 0 Å². The van der Waals surface area contributed by atoms with E-state index in [0.717, 1.165) is 6.61 Å². The molecule has 0 amide bonds. The van der Waals surface area contributed by atoms with Gasteiger partial charge in [0.2, 0.25) is 0 Å². The Morgan fingerprint density at radius 3 is 2.48 bits per heavy atom. The van der Waals surface area contributed by atoms with Crippen molar-refractivity contribution in [3.05, 3.63) is 77.1 Å². The van der Waals surface area contributed by atoms with Gasteiger partial charge in [-0.25, -0.2) is 0 Å². The molecule has 1 heterocycles. The number of rotatable bonds is 1. The van der Waals surface area contributed by atoms with Crippen LogP contribution in [0, 0.1) is 6.92 Å². The second-order valence-corrected chi connectivity index (χ2v) is 8.52. The molecular weight excluding hydrogens is 446 g/mol. The predicted molar refractivity (Wildman–Crippen MR) is 98.0 cm³/mol. The van der Waals surface area contributed by atoms with Crippen molar-refractivity contribution in [3.8, 4) is 0 Å². The molecule has 1 nitrogen and oxygen atoms in total. The summed E-state index contributed by atoms with van der Waals surface area (Å²) in [4.78, 5) is 0. The Kier molecular flexibility index (Phi) is 10.9. The molecule has 0 N–H and O–H groups in total. The third-order valence-electron chi connectivity index (χ3n) is 3.70. The molecule has 1 aliphatic carbocycles. The summed E-state index contributed by atoms with van der Waals surface area (Å²) in [5.74, 6) is 0. The molecule has 0 bridgehead atoms. The number of allylic oxidation sites excluding steroid dienone is 3. The van der Waals surface area contributed by atoms with Crippen LogP contribution in [0.2, 0.25) is 13.1 Å². The van der Waals surface area contributed by atoms with Crippen molar-refractivity contribution < 1.29 is 55.8 Å². The van der Waals surface area contributed by atoms with Crippen LogP contribution in [0.5, 0.6) is 0 Å². The molecular formula is C20H21Cl2OSiZr. The van der Waals surface area contributed by atoms with Gasteiger partial charge in [0.15, 0.2) is 0 Å². The van der Waals surface area contributed by atoms with Gasteiger partial charge < -0.3 is 29.6 Å². The maximum absolute atomic E-state index is 5.18. The summed E-state index contributed by atoms with van der Waals surface area (Å²) in [6, 6.07) is 12.8. The van der Waals surface area contributed by atoms with Gasteiger partial charge in [-0.15, -0.1) is 40.6 Å². The van der Waals surface area contributed by atoms with Crippen molar-refractivity contribution in [3.63, 3.8) is 0 Å². The number of fused-ring (bicyclic) bond motifs is 2. The molecule has 0 unspecified atom stereocenters. The van der Waals surface area contributed by atoms with Gasteiger partial charge >= 0.3 is 26.2 Å². The second-order valence-electron chi connectivity index (χ2n) is 6.08. The Morgan fingerprint density at radius 1 is 1.12 bits per heavy atom. The molecule has 25 heavy (non-hydrogen) atoms.